The molecule has 2 fully saturated rings. The highest BCUT2D eigenvalue weighted by molar-refractivity contribution is 5.95. The van der Waals surface area contributed by atoms with Crippen LogP contribution in [0.2, 0.25) is 0 Å². The third-order valence-corrected chi connectivity index (χ3v) is 8.46. The van der Waals surface area contributed by atoms with Crippen LogP contribution < -0.4 is 14.8 Å². The molecule has 6 rings (SSSR count). The van der Waals surface area contributed by atoms with E-state index in [1.54, 1.807) is 32.4 Å². The smallest absolute Gasteiger partial charge is 0.251 e. The van der Waals surface area contributed by atoms with Gasteiger partial charge in [0.25, 0.3) is 5.91 Å². The first-order valence-corrected chi connectivity index (χ1v) is 15.2. The van der Waals surface area contributed by atoms with Gasteiger partial charge in [-0.2, -0.15) is 0 Å². The number of fused-ring (bicyclic) bond motifs is 2. The summed E-state index contributed by atoms with van der Waals surface area (Å²) in [5, 5.41) is 15.6. The Morgan fingerprint density at radius 2 is 1.56 bits per heavy atom. The maximum absolute atomic E-state index is 13.1. The van der Waals surface area contributed by atoms with Crippen LogP contribution in [0.4, 0.5) is 0 Å². The van der Waals surface area contributed by atoms with Crippen molar-refractivity contribution in [2.75, 3.05) is 27.4 Å². The highest BCUT2D eigenvalue weighted by Gasteiger charge is 2.52. The Labute approximate surface area is 263 Å². The lowest BCUT2D eigenvalue weighted by Gasteiger charge is -2.43. The summed E-state index contributed by atoms with van der Waals surface area (Å²) in [5.41, 5.74) is 2.48. The normalized spacial score (nSPS) is 24.2. The van der Waals surface area contributed by atoms with Crippen molar-refractivity contribution in [3.63, 3.8) is 0 Å². The van der Waals surface area contributed by atoms with Gasteiger partial charge in [0.15, 0.2) is 0 Å². The number of benzene rings is 4. The van der Waals surface area contributed by atoms with E-state index in [4.69, 9.17) is 28.4 Å². The predicted octanol–water partition coefficient (Wildman–Crippen LogP) is 4.67. The van der Waals surface area contributed by atoms with E-state index < -0.39 is 24.4 Å². The molecule has 9 heteroatoms. The molecule has 2 saturated heterocycles. The summed E-state index contributed by atoms with van der Waals surface area (Å²) in [6.45, 7) is 0.709. The summed E-state index contributed by atoms with van der Waals surface area (Å²) >= 11 is 0. The van der Waals surface area contributed by atoms with E-state index in [9.17, 15) is 9.90 Å². The number of carbonyl (C=O) groups is 1. The van der Waals surface area contributed by atoms with Crippen LogP contribution in [0, 0.1) is 0 Å². The van der Waals surface area contributed by atoms with Gasteiger partial charge in [-0.05, 0) is 34.0 Å². The van der Waals surface area contributed by atoms with Crippen molar-refractivity contribution in [1.82, 2.24) is 5.32 Å². The quantitative estimate of drug-likeness (QED) is 0.238. The molecular formula is C36H39NO8. The van der Waals surface area contributed by atoms with Gasteiger partial charge in [-0.15, -0.1) is 0 Å². The molecule has 4 aromatic rings. The summed E-state index contributed by atoms with van der Waals surface area (Å²) in [6.07, 6.45) is -2.29. The summed E-state index contributed by atoms with van der Waals surface area (Å²) in [4.78, 5) is 13.1. The zero-order valence-electron chi connectivity index (χ0n) is 25.5. The molecule has 236 valence electrons. The second-order valence-corrected chi connectivity index (χ2v) is 11.3. The van der Waals surface area contributed by atoms with Crippen molar-refractivity contribution in [2.45, 2.75) is 56.3 Å². The van der Waals surface area contributed by atoms with Gasteiger partial charge in [0, 0.05) is 24.6 Å². The standard InChI is InChI=1S/C36H39NO8/c1-40-27-15-26(16-28(17-27)41-2)36(39)37-19-29-18-31-34(44-29)35(42-21-23-9-4-3-5-10-23)33(32(20-38)45-31)43-22-25-13-8-12-24-11-6-7-14-30(24)25/h3-17,29,31-35,38H,18-22H2,1-2H3,(H,37,39)/t29?,31-,32-,33-,34+,35+/m1/s1. The van der Waals surface area contributed by atoms with E-state index in [0.29, 0.717) is 36.7 Å². The molecule has 0 saturated carbocycles. The summed E-state index contributed by atoms with van der Waals surface area (Å²) in [6, 6.07) is 29.3. The number of aliphatic hydroxyl groups excluding tert-OH is 1. The lowest BCUT2D eigenvalue weighted by molar-refractivity contribution is -0.249. The van der Waals surface area contributed by atoms with Crippen LogP contribution in [0.5, 0.6) is 11.5 Å². The Morgan fingerprint density at radius 1 is 0.844 bits per heavy atom. The molecule has 0 aliphatic carbocycles. The minimum Gasteiger partial charge on any atom is -0.497 e. The van der Waals surface area contributed by atoms with Crippen molar-refractivity contribution < 1.29 is 38.3 Å². The summed E-state index contributed by atoms with van der Waals surface area (Å²) in [5.74, 6) is 0.783. The molecule has 0 radical (unpaired) electrons. The lowest BCUT2D eigenvalue weighted by Crippen LogP contribution is -2.59. The largest absolute Gasteiger partial charge is 0.497 e. The second kappa shape index (κ2) is 14.4. The third-order valence-electron chi connectivity index (χ3n) is 8.46. The minimum absolute atomic E-state index is 0.228. The molecule has 45 heavy (non-hydrogen) atoms. The number of amides is 1. The van der Waals surface area contributed by atoms with Crippen LogP contribution in [-0.2, 0) is 32.2 Å². The third kappa shape index (κ3) is 7.13. The molecule has 2 aliphatic rings. The van der Waals surface area contributed by atoms with Gasteiger partial charge in [0.05, 0.1) is 46.2 Å². The average Bonchev–Trinajstić information content (AvgIpc) is 3.51. The molecular weight excluding hydrogens is 574 g/mol. The molecule has 4 aromatic carbocycles. The van der Waals surface area contributed by atoms with Gasteiger partial charge in [0.2, 0.25) is 0 Å². The van der Waals surface area contributed by atoms with E-state index in [2.05, 4.69) is 23.5 Å². The van der Waals surface area contributed by atoms with Crippen molar-refractivity contribution in [3.8, 4) is 11.5 Å². The number of hydrogen-bond donors (Lipinski definition) is 2. The number of methoxy groups -OCH3 is 2. The molecule has 1 amide bonds. The molecule has 6 atom stereocenters. The van der Waals surface area contributed by atoms with Crippen molar-refractivity contribution >= 4 is 16.7 Å². The number of ether oxygens (including phenoxy) is 6. The van der Waals surface area contributed by atoms with E-state index >= 15 is 0 Å². The first kappa shape index (κ1) is 31.0. The Hall–Kier alpha value is -3.99. The lowest BCUT2D eigenvalue weighted by atomic mass is 9.94. The van der Waals surface area contributed by atoms with Crippen molar-refractivity contribution in [1.29, 1.82) is 0 Å². The number of aliphatic hydroxyl groups is 1. The fourth-order valence-electron chi connectivity index (χ4n) is 6.17. The van der Waals surface area contributed by atoms with Crippen molar-refractivity contribution in [3.05, 3.63) is 108 Å². The maximum Gasteiger partial charge on any atom is 0.251 e. The first-order chi connectivity index (χ1) is 22.1. The zero-order valence-corrected chi connectivity index (χ0v) is 25.5. The van der Waals surface area contributed by atoms with Crippen LogP contribution in [0.1, 0.15) is 27.9 Å². The Bertz CT molecular complexity index is 1550. The van der Waals surface area contributed by atoms with Gasteiger partial charge in [-0.1, -0.05) is 72.8 Å². The molecule has 1 unspecified atom stereocenters. The van der Waals surface area contributed by atoms with Gasteiger partial charge in [-0.25, -0.2) is 0 Å². The Kier molecular flexibility index (Phi) is 9.93. The summed E-state index contributed by atoms with van der Waals surface area (Å²) in [7, 11) is 3.08. The zero-order chi connectivity index (χ0) is 31.2. The first-order valence-electron chi connectivity index (χ1n) is 15.2. The topological polar surface area (TPSA) is 105 Å². The van der Waals surface area contributed by atoms with Gasteiger partial charge in [0.1, 0.15) is 35.9 Å². The highest BCUT2D eigenvalue weighted by atomic mass is 16.6. The predicted molar refractivity (Wildman–Crippen MR) is 168 cm³/mol. The number of rotatable bonds is 12. The molecule has 2 heterocycles. The SMILES string of the molecule is COc1cc(OC)cc(C(=O)NCC2C[C@H]3O[C@H](CO)[C@@H](OCc4cccc5ccccc45)[C@H](OCc4ccccc4)[C@H]3O2)c1. The maximum atomic E-state index is 13.1. The number of carbonyl (C=O) groups excluding carboxylic acids is 1. The monoisotopic (exact) mass is 613 g/mol. The van der Waals surface area contributed by atoms with Crippen molar-refractivity contribution in [2.24, 2.45) is 0 Å². The van der Waals surface area contributed by atoms with E-state index in [-0.39, 0.29) is 31.3 Å². The Balaban J connectivity index is 1.18. The van der Waals surface area contributed by atoms with E-state index in [1.807, 2.05) is 54.6 Å². The summed E-state index contributed by atoms with van der Waals surface area (Å²) < 4.78 is 36.6. The van der Waals surface area contributed by atoms with Gasteiger partial charge < -0.3 is 38.8 Å². The number of hydrogen-bond acceptors (Lipinski definition) is 8. The fraction of sp³-hybridized carbons (Fsp3) is 0.361. The highest BCUT2D eigenvalue weighted by Crippen LogP contribution is 2.37. The molecule has 0 bridgehead atoms. The molecule has 9 nitrogen and oxygen atoms in total. The Morgan fingerprint density at radius 3 is 2.31 bits per heavy atom. The van der Waals surface area contributed by atoms with Crippen LogP contribution >= 0.6 is 0 Å². The molecule has 2 aliphatic heterocycles. The fourth-order valence-corrected chi connectivity index (χ4v) is 6.17. The molecule has 2 N–H and O–H groups in total. The molecule has 0 aromatic heterocycles. The van der Waals surface area contributed by atoms with Crippen LogP contribution in [-0.4, -0.2) is 75.0 Å². The minimum atomic E-state index is -0.608. The van der Waals surface area contributed by atoms with Gasteiger partial charge in [-0.3, -0.25) is 4.79 Å². The average molecular weight is 614 g/mol. The van der Waals surface area contributed by atoms with E-state index in [0.717, 1.165) is 21.9 Å². The molecule has 0 spiro atoms. The number of nitrogens with one attached hydrogen (secondary N) is 1. The van der Waals surface area contributed by atoms with Crippen LogP contribution in [0.3, 0.4) is 0 Å². The van der Waals surface area contributed by atoms with Crippen LogP contribution in [0.15, 0.2) is 91.0 Å². The second-order valence-electron chi connectivity index (χ2n) is 11.3. The van der Waals surface area contributed by atoms with E-state index in [1.165, 1.54) is 0 Å². The van der Waals surface area contributed by atoms with Crippen LogP contribution in [0.25, 0.3) is 10.8 Å². The van der Waals surface area contributed by atoms with Gasteiger partial charge >= 0.3 is 0 Å².